The Bertz CT molecular complexity index is 1240. The van der Waals surface area contributed by atoms with Crippen LogP contribution in [0.1, 0.15) is 120 Å². The third-order valence-corrected chi connectivity index (χ3v) is 14.9. The van der Waals surface area contributed by atoms with Crippen molar-refractivity contribution >= 4 is 17.7 Å². The first-order valence-electron chi connectivity index (χ1n) is 18.0. The minimum atomic E-state index is -0.666. The number of aliphatic hydroxyl groups is 1. The molecule has 0 aromatic heterocycles. The summed E-state index contributed by atoms with van der Waals surface area (Å²) in [6.45, 7) is 19.7. The van der Waals surface area contributed by atoms with Gasteiger partial charge in [-0.2, -0.15) is 0 Å². The second-order valence-electron chi connectivity index (χ2n) is 18.1. The summed E-state index contributed by atoms with van der Waals surface area (Å²) in [5.74, 6) is 0.597. The average Bonchev–Trinajstić information content (AvgIpc) is 2.95. The molecule has 3 amide bonds. The minimum absolute atomic E-state index is 0.0358. The number of aliphatic hydroxyl groups excluding tert-OH is 1. The van der Waals surface area contributed by atoms with E-state index in [1.54, 1.807) is 0 Å². The van der Waals surface area contributed by atoms with Crippen LogP contribution in [-0.2, 0) is 9.59 Å². The van der Waals surface area contributed by atoms with E-state index in [1.807, 2.05) is 21.0 Å². The van der Waals surface area contributed by atoms with Crippen molar-refractivity contribution in [2.75, 3.05) is 33.7 Å². The second-order valence-corrected chi connectivity index (χ2v) is 18.1. The SMILES string of the molecule is CCNC(=O)N(CCCN(C)C)C(=O)[C@@]1(C)CC[C@]2(C)CC[C@]3(C)C(=CC(=O)[C@@H]4[C@@]5(C)CC[C@H](O)C(C)(C)[C@@H]5CC[C@]43C)[C@@H]2C1. The van der Waals surface area contributed by atoms with Gasteiger partial charge in [0.05, 0.1) is 6.10 Å². The van der Waals surface area contributed by atoms with E-state index in [9.17, 15) is 19.5 Å². The normalized spacial score (nSPS) is 43.7. The summed E-state index contributed by atoms with van der Waals surface area (Å²) in [6, 6.07) is -0.294. The lowest BCUT2D eigenvalue weighted by atomic mass is 9.33. The number of hydrogen-bond acceptors (Lipinski definition) is 5. The molecule has 0 aromatic carbocycles. The number of amides is 3. The molecule has 4 saturated carbocycles. The van der Waals surface area contributed by atoms with Crippen LogP contribution in [0.2, 0.25) is 0 Å². The van der Waals surface area contributed by atoms with Gasteiger partial charge in [-0.1, -0.05) is 54.0 Å². The lowest BCUT2D eigenvalue weighted by molar-refractivity contribution is -0.202. The summed E-state index contributed by atoms with van der Waals surface area (Å²) in [4.78, 5) is 45.8. The Morgan fingerprint density at radius 2 is 1.60 bits per heavy atom. The van der Waals surface area contributed by atoms with Gasteiger partial charge < -0.3 is 15.3 Å². The predicted octanol–water partition coefficient (Wildman–Crippen LogP) is 6.84. The Balaban J connectivity index is 1.50. The van der Waals surface area contributed by atoms with Crippen LogP contribution in [0.15, 0.2) is 11.6 Å². The number of carbonyl (C=O) groups is 3. The number of imide groups is 1. The third kappa shape index (κ3) is 5.16. The minimum Gasteiger partial charge on any atom is -0.393 e. The van der Waals surface area contributed by atoms with E-state index in [4.69, 9.17) is 0 Å². The van der Waals surface area contributed by atoms with E-state index in [1.165, 1.54) is 10.5 Å². The molecule has 0 heterocycles. The van der Waals surface area contributed by atoms with Gasteiger partial charge in [-0.15, -0.1) is 0 Å². The highest BCUT2D eigenvalue weighted by Gasteiger charge is 2.70. The van der Waals surface area contributed by atoms with Gasteiger partial charge >= 0.3 is 6.03 Å². The molecule has 2 N–H and O–H groups in total. The number of fused-ring (bicyclic) bond motifs is 7. The zero-order valence-corrected chi connectivity index (χ0v) is 30.1. The van der Waals surface area contributed by atoms with E-state index >= 15 is 0 Å². The van der Waals surface area contributed by atoms with Crippen molar-refractivity contribution in [2.45, 2.75) is 126 Å². The number of nitrogens with one attached hydrogen (secondary N) is 1. The van der Waals surface area contributed by atoms with E-state index in [0.29, 0.717) is 25.4 Å². The van der Waals surface area contributed by atoms with E-state index in [2.05, 4.69) is 64.8 Å². The number of allylic oxidation sites excluding steroid dienone is 2. The van der Waals surface area contributed by atoms with E-state index < -0.39 is 5.41 Å². The lowest BCUT2D eigenvalue weighted by Crippen LogP contribution is -2.66. The van der Waals surface area contributed by atoms with Gasteiger partial charge in [0.1, 0.15) is 0 Å². The van der Waals surface area contributed by atoms with Crippen LogP contribution in [-0.4, -0.2) is 72.5 Å². The highest BCUT2D eigenvalue weighted by molar-refractivity contribution is 5.98. The number of hydrogen-bond donors (Lipinski definition) is 2. The molecule has 0 unspecified atom stereocenters. The number of rotatable bonds is 6. The molecular weight excluding hydrogens is 562 g/mol. The van der Waals surface area contributed by atoms with Crippen LogP contribution < -0.4 is 5.32 Å². The highest BCUT2D eigenvalue weighted by atomic mass is 16.3. The first-order valence-corrected chi connectivity index (χ1v) is 18.0. The fourth-order valence-electron chi connectivity index (χ4n) is 11.8. The first kappa shape index (κ1) is 34.6. The average molecular weight is 626 g/mol. The maximum Gasteiger partial charge on any atom is 0.324 e. The van der Waals surface area contributed by atoms with E-state index in [-0.39, 0.29) is 62.7 Å². The molecule has 0 saturated heterocycles. The number of urea groups is 1. The summed E-state index contributed by atoms with van der Waals surface area (Å²) >= 11 is 0. The number of carbonyl (C=O) groups excluding carboxylic acids is 3. The molecule has 254 valence electrons. The quantitative estimate of drug-likeness (QED) is 0.338. The van der Waals surface area contributed by atoms with Crippen molar-refractivity contribution in [3.05, 3.63) is 11.6 Å². The van der Waals surface area contributed by atoms with Crippen molar-refractivity contribution in [3.63, 3.8) is 0 Å². The molecule has 7 heteroatoms. The van der Waals surface area contributed by atoms with Gasteiger partial charge in [0.15, 0.2) is 5.78 Å². The van der Waals surface area contributed by atoms with Crippen molar-refractivity contribution in [1.82, 2.24) is 15.1 Å². The van der Waals surface area contributed by atoms with Crippen LogP contribution in [0.25, 0.3) is 0 Å². The molecule has 5 aliphatic rings. The van der Waals surface area contributed by atoms with E-state index in [0.717, 1.165) is 64.3 Å². The maximum atomic E-state index is 14.6. The smallest absolute Gasteiger partial charge is 0.324 e. The fourth-order valence-corrected chi connectivity index (χ4v) is 11.8. The topological polar surface area (TPSA) is 90.0 Å². The Morgan fingerprint density at radius 1 is 0.933 bits per heavy atom. The molecule has 4 fully saturated rings. The first-order chi connectivity index (χ1) is 20.8. The molecular formula is C38H63N3O4. The monoisotopic (exact) mass is 625 g/mol. The Labute approximate surface area is 273 Å². The van der Waals surface area contributed by atoms with Crippen LogP contribution in [0.4, 0.5) is 4.79 Å². The molecule has 5 aliphatic carbocycles. The molecule has 45 heavy (non-hydrogen) atoms. The summed E-state index contributed by atoms with van der Waals surface area (Å²) in [5, 5.41) is 13.9. The predicted molar refractivity (Wildman–Crippen MR) is 179 cm³/mol. The zero-order valence-electron chi connectivity index (χ0n) is 30.1. The Kier molecular flexibility index (Phi) is 8.81. The van der Waals surface area contributed by atoms with Crippen LogP contribution in [0.3, 0.4) is 0 Å². The van der Waals surface area contributed by atoms with Crippen LogP contribution >= 0.6 is 0 Å². The molecule has 0 spiro atoms. The highest BCUT2D eigenvalue weighted by Crippen LogP contribution is 2.75. The summed E-state index contributed by atoms with van der Waals surface area (Å²) < 4.78 is 0. The van der Waals surface area contributed by atoms with Gasteiger partial charge in [-0.3, -0.25) is 14.5 Å². The Hall–Kier alpha value is -1.73. The standard InChI is InChI=1S/C38H63N3O4/c1-11-39-32(45)41(22-12-21-40(9)10)31(44)35(5)18-17-34(4)19-20-37(7)25(26(34)24-35)23-27(42)30-36(6)15-14-29(43)33(2,3)28(36)13-16-38(30,37)8/h23,26,28-30,43H,11-22,24H2,1-10H3,(H,39,45)/t26-,28-,29-,30+,34+,35-,36-,37+,38+/m0/s1. The van der Waals surface area contributed by atoms with Gasteiger partial charge in [0.25, 0.3) is 0 Å². The lowest BCUT2D eigenvalue weighted by Gasteiger charge is -2.70. The summed E-state index contributed by atoms with van der Waals surface area (Å²) in [7, 11) is 4.02. The largest absolute Gasteiger partial charge is 0.393 e. The zero-order chi connectivity index (χ0) is 33.4. The van der Waals surface area contributed by atoms with Crippen LogP contribution in [0, 0.1) is 50.2 Å². The summed E-state index contributed by atoms with van der Waals surface area (Å²) in [5.41, 5.74) is 0.00246. The van der Waals surface area contributed by atoms with Gasteiger partial charge in [0.2, 0.25) is 5.91 Å². The van der Waals surface area contributed by atoms with Crippen molar-refractivity contribution in [3.8, 4) is 0 Å². The maximum absolute atomic E-state index is 14.6. The Morgan fingerprint density at radius 3 is 2.24 bits per heavy atom. The third-order valence-electron chi connectivity index (χ3n) is 14.9. The molecule has 0 bridgehead atoms. The van der Waals surface area contributed by atoms with Gasteiger partial charge in [-0.05, 0) is 137 Å². The molecule has 0 radical (unpaired) electrons. The number of nitrogens with zero attached hydrogens (tertiary/aromatic N) is 2. The van der Waals surface area contributed by atoms with Crippen LogP contribution in [0.5, 0.6) is 0 Å². The molecule has 0 aromatic rings. The molecule has 9 atom stereocenters. The summed E-state index contributed by atoms with van der Waals surface area (Å²) in [6.07, 6.45) is 10.7. The van der Waals surface area contributed by atoms with Gasteiger partial charge in [-0.25, -0.2) is 4.79 Å². The molecule has 7 nitrogen and oxygen atoms in total. The van der Waals surface area contributed by atoms with Crippen molar-refractivity contribution in [1.29, 1.82) is 0 Å². The number of ketones is 1. The molecule has 5 rings (SSSR count). The molecule has 0 aliphatic heterocycles. The van der Waals surface area contributed by atoms with Gasteiger partial charge in [0, 0.05) is 24.4 Å². The fraction of sp³-hybridized carbons (Fsp3) is 0.868. The van der Waals surface area contributed by atoms with Crippen molar-refractivity contribution < 1.29 is 19.5 Å². The van der Waals surface area contributed by atoms with Crippen molar-refractivity contribution in [2.24, 2.45) is 50.2 Å². The second kappa shape index (κ2) is 11.5.